The highest BCUT2D eigenvalue weighted by Gasteiger charge is 2.44. The molecule has 3 rings (SSSR count). The van der Waals surface area contributed by atoms with E-state index in [0.29, 0.717) is 24.3 Å². The van der Waals surface area contributed by atoms with Crippen molar-refractivity contribution in [3.8, 4) is 0 Å². The van der Waals surface area contributed by atoms with E-state index in [4.69, 9.17) is 4.84 Å². The van der Waals surface area contributed by atoms with Crippen LogP contribution in [0.1, 0.15) is 53.3 Å². The number of rotatable bonds is 6. The van der Waals surface area contributed by atoms with Crippen LogP contribution in [0.5, 0.6) is 0 Å². The molecule has 0 aliphatic carbocycles. The molecule has 2 aliphatic rings. The summed E-state index contributed by atoms with van der Waals surface area (Å²) in [5.41, 5.74) is 0.313. The minimum absolute atomic E-state index is 0.0414. The molecule has 1 unspecified atom stereocenters. The highest BCUT2D eigenvalue weighted by Crippen LogP contribution is 2.26. The summed E-state index contributed by atoms with van der Waals surface area (Å²) in [5, 5.41) is 0.419. The number of sulfonamides is 1. The number of imide groups is 1. The molecule has 140 valence electrons. The van der Waals surface area contributed by atoms with E-state index in [1.54, 1.807) is 12.1 Å². The lowest BCUT2D eigenvalue weighted by Crippen LogP contribution is -2.45. The van der Waals surface area contributed by atoms with Gasteiger partial charge in [0, 0.05) is 6.54 Å². The summed E-state index contributed by atoms with van der Waals surface area (Å²) < 4.78 is 26.0. The third kappa shape index (κ3) is 3.24. The summed E-state index contributed by atoms with van der Waals surface area (Å²) in [6.45, 7) is 2.11. The molecule has 1 saturated heterocycles. The molecule has 0 bridgehead atoms. The van der Waals surface area contributed by atoms with E-state index < -0.39 is 33.8 Å². The molecule has 0 N–H and O–H groups in total. The average molecular weight is 380 g/mol. The van der Waals surface area contributed by atoms with E-state index in [0.717, 1.165) is 10.7 Å². The summed E-state index contributed by atoms with van der Waals surface area (Å²) in [6, 6.07) is 5.14. The summed E-state index contributed by atoms with van der Waals surface area (Å²) in [4.78, 5) is 42.1. The Balaban J connectivity index is 1.74. The highest BCUT2D eigenvalue weighted by molar-refractivity contribution is 7.89. The zero-order chi connectivity index (χ0) is 18.9. The number of carbonyl (C=O) groups is 3. The van der Waals surface area contributed by atoms with Crippen molar-refractivity contribution in [2.75, 3.05) is 12.3 Å². The first kappa shape index (κ1) is 18.5. The molecule has 26 heavy (non-hydrogen) atoms. The Kier molecular flexibility index (Phi) is 5.10. The van der Waals surface area contributed by atoms with Crippen molar-refractivity contribution in [3.05, 3.63) is 35.4 Å². The summed E-state index contributed by atoms with van der Waals surface area (Å²) in [5.74, 6) is -2.40. The molecule has 2 aliphatic heterocycles. The van der Waals surface area contributed by atoms with E-state index >= 15 is 0 Å². The molecule has 8 nitrogen and oxygen atoms in total. The van der Waals surface area contributed by atoms with Gasteiger partial charge in [-0.2, -0.15) is 4.31 Å². The van der Waals surface area contributed by atoms with Crippen LogP contribution in [0.15, 0.2) is 24.3 Å². The summed E-state index contributed by atoms with van der Waals surface area (Å²) in [6.07, 6.45) is 2.04. The van der Waals surface area contributed by atoms with Gasteiger partial charge >= 0.3 is 5.97 Å². The van der Waals surface area contributed by atoms with Gasteiger partial charge in [-0.15, -0.1) is 0 Å². The van der Waals surface area contributed by atoms with Crippen molar-refractivity contribution < 1.29 is 27.6 Å². The maximum absolute atomic E-state index is 12.5. The Labute approximate surface area is 151 Å². The van der Waals surface area contributed by atoms with Gasteiger partial charge in [0.05, 0.1) is 16.9 Å². The number of nitrogens with zero attached hydrogens (tertiary/aromatic N) is 2. The fraction of sp³-hybridized carbons (Fsp3) is 0.471. The van der Waals surface area contributed by atoms with Crippen LogP contribution in [0.2, 0.25) is 0 Å². The zero-order valence-electron chi connectivity index (χ0n) is 14.4. The first-order valence-electron chi connectivity index (χ1n) is 8.56. The highest BCUT2D eigenvalue weighted by atomic mass is 32.2. The lowest BCUT2D eigenvalue weighted by Gasteiger charge is -2.23. The van der Waals surface area contributed by atoms with Gasteiger partial charge in [0.15, 0.2) is 0 Å². The van der Waals surface area contributed by atoms with Crippen LogP contribution in [-0.2, 0) is 19.7 Å². The predicted molar refractivity (Wildman–Crippen MR) is 91.5 cm³/mol. The molecule has 1 fully saturated rings. The van der Waals surface area contributed by atoms with Gasteiger partial charge < -0.3 is 4.84 Å². The fourth-order valence-corrected chi connectivity index (χ4v) is 5.03. The monoisotopic (exact) mass is 380 g/mol. The van der Waals surface area contributed by atoms with Crippen LogP contribution in [-0.4, -0.2) is 53.9 Å². The van der Waals surface area contributed by atoms with Gasteiger partial charge in [-0.3, -0.25) is 9.59 Å². The van der Waals surface area contributed by atoms with Crippen LogP contribution in [0, 0.1) is 0 Å². The molecule has 9 heteroatoms. The minimum atomic E-state index is -3.59. The van der Waals surface area contributed by atoms with Crippen molar-refractivity contribution in [1.29, 1.82) is 0 Å². The van der Waals surface area contributed by atoms with Crippen molar-refractivity contribution in [2.24, 2.45) is 0 Å². The van der Waals surface area contributed by atoms with Crippen molar-refractivity contribution in [3.63, 3.8) is 0 Å². The van der Waals surface area contributed by atoms with E-state index in [1.807, 2.05) is 6.92 Å². The molecule has 1 atom stereocenters. The van der Waals surface area contributed by atoms with Gasteiger partial charge in [-0.1, -0.05) is 30.5 Å². The van der Waals surface area contributed by atoms with Crippen molar-refractivity contribution in [1.82, 2.24) is 9.37 Å². The third-order valence-corrected chi connectivity index (χ3v) is 6.48. The molecule has 0 radical (unpaired) electrons. The first-order valence-corrected chi connectivity index (χ1v) is 10.2. The number of fused-ring (bicyclic) bond motifs is 1. The topological polar surface area (TPSA) is 101 Å². The molecule has 0 spiro atoms. The summed E-state index contributed by atoms with van der Waals surface area (Å²) in [7, 11) is -3.59. The maximum atomic E-state index is 12.5. The molecule has 0 aromatic heterocycles. The van der Waals surface area contributed by atoms with Crippen LogP contribution in [0.25, 0.3) is 0 Å². The number of unbranched alkanes of at least 4 members (excludes halogenated alkanes) is 1. The van der Waals surface area contributed by atoms with E-state index in [2.05, 4.69) is 0 Å². The second-order valence-electron chi connectivity index (χ2n) is 6.30. The van der Waals surface area contributed by atoms with E-state index in [-0.39, 0.29) is 23.4 Å². The lowest BCUT2D eigenvalue weighted by molar-refractivity contribution is -0.172. The Hall–Kier alpha value is -2.26. The SMILES string of the molecule is CCCCS(=O)(=O)N1CCCC1C(=O)ON1C(=O)c2ccccc2C1=O. The molecule has 1 aromatic carbocycles. The Bertz CT molecular complexity index is 816. The average Bonchev–Trinajstić information content (AvgIpc) is 3.21. The van der Waals surface area contributed by atoms with Gasteiger partial charge in [0.25, 0.3) is 11.8 Å². The zero-order valence-corrected chi connectivity index (χ0v) is 15.2. The number of hydrogen-bond donors (Lipinski definition) is 0. The predicted octanol–water partition coefficient (Wildman–Crippen LogP) is 1.34. The molecular weight excluding hydrogens is 360 g/mol. The largest absolute Gasteiger partial charge is 0.351 e. The lowest BCUT2D eigenvalue weighted by atomic mass is 10.1. The quantitative estimate of drug-likeness (QED) is 0.690. The number of amides is 2. The molecule has 2 heterocycles. The number of hydroxylamine groups is 2. The molecule has 2 amide bonds. The fourth-order valence-electron chi connectivity index (χ4n) is 3.15. The Morgan fingerprint density at radius 3 is 2.38 bits per heavy atom. The maximum Gasteiger partial charge on any atom is 0.351 e. The standard InChI is InChI=1S/C17H20N2O6S/c1-2-3-11-26(23,24)18-10-6-9-14(18)17(22)25-19-15(20)12-7-4-5-8-13(12)16(19)21/h4-5,7-8,14H,2-3,6,9-11H2,1H3. The van der Waals surface area contributed by atoms with Gasteiger partial charge in [-0.25, -0.2) is 13.2 Å². The van der Waals surface area contributed by atoms with Gasteiger partial charge in [0.1, 0.15) is 6.04 Å². The van der Waals surface area contributed by atoms with Gasteiger partial charge in [0.2, 0.25) is 10.0 Å². The molecular formula is C17H20N2O6S. The van der Waals surface area contributed by atoms with Crippen LogP contribution in [0.4, 0.5) is 0 Å². The van der Waals surface area contributed by atoms with E-state index in [9.17, 15) is 22.8 Å². The molecule has 1 aromatic rings. The minimum Gasteiger partial charge on any atom is -0.328 e. The summed E-state index contributed by atoms with van der Waals surface area (Å²) >= 11 is 0. The van der Waals surface area contributed by atoms with Crippen molar-refractivity contribution in [2.45, 2.75) is 38.6 Å². The third-order valence-electron chi connectivity index (χ3n) is 4.53. The number of carbonyl (C=O) groups excluding carboxylic acids is 3. The normalized spacial score (nSPS) is 20.5. The first-order chi connectivity index (χ1) is 12.4. The second kappa shape index (κ2) is 7.16. The van der Waals surface area contributed by atoms with Crippen LogP contribution < -0.4 is 0 Å². The van der Waals surface area contributed by atoms with Crippen LogP contribution in [0.3, 0.4) is 0 Å². The van der Waals surface area contributed by atoms with E-state index in [1.165, 1.54) is 12.1 Å². The Morgan fingerprint density at radius 2 is 1.81 bits per heavy atom. The van der Waals surface area contributed by atoms with Crippen molar-refractivity contribution >= 4 is 27.8 Å². The number of hydrogen-bond acceptors (Lipinski definition) is 6. The number of benzene rings is 1. The Morgan fingerprint density at radius 1 is 1.19 bits per heavy atom. The second-order valence-corrected chi connectivity index (χ2v) is 8.34. The molecule has 0 saturated carbocycles. The van der Waals surface area contributed by atoms with Gasteiger partial charge in [-0.05, 0) is 31.4 Å². The smallest absolute Gasteiger partial charge is 0.328 e. The van der Waals surface area contributed by atoms with Crippen LogP contribution >= 0.6 is 0 Å².